The highest BCUT2D eigenvalue weighted by Crippen LogP contribution is 2.26. The maximum Gasteiger partial charge on any atom is 0.410 e. The van der Waals surface area contributed by atoms with E-state index in [0.717, 1.165) is 18.5 Å². The van der Waals surface area contributed by atoms with Crippen LogP contribution in [0.3, 0.4) is 0 Å². The van der Waals surface area contributed by atoms with Crippen molar-refractivity contribution in [3.05, 3.63) is 35.9 Å². The van der Waals surface area contributed by atoms with Gasteiger partial charge in [-0.05, 0) is 25.8 Å². The van der Waals surface area contributed by atoms with Crippen molar-refractivity contribution in [2.45, 2.75) is 38.5 Å². The van der Waals surface area contributed by atoms with Gasteiger partial charge in [-0.25, -0.2) is 4.79 Å². The average molecular weight is 248 g/mol. The van der Waals surface area contributed by atoms with E-state index in [0.29, 0.717) is 6.61 Å². The van der Waals surface area contributed by atoms with E-state index < -0.39 is 0 Å². The van der Waals surface area contributed by atoms with Crippen LogP contribution >= 0.6 is 0 Å². The molecule has 0 aromatic heterocycles. The SMILES string of the molecule is CC(C)(N)C1CCN1C(=O)OCc1ccccc1. The summed E-state index contributed by atoms with van der Waals surface area (Å²) in [5, 5.41) is 0. The van der Waals surface area contributed by atoms with Crippen molar-refractivity contribution in [1.29, 1.82) is 0 Å². The fourth-order valence-electron chi connectivity index (χ4n) is 2.18. The van der Waals surface area contributed by atoms with E-state index in [1.165, 1.54) is 0 Å². The van der Waals surface area contributed by atoms with Crippen molar-refractivity contribution >= 4 is 6.09 Å². The summed E-state index contributed by atoms with van der Waals surface area (Å²) in [5.74, 6) is 0. The monoisotopic (exact) mass is 248 g/mol. The first-order valence-corrected chi connectivity index (χ1v) is 6.24. The van der Waals surface area contributed by atoms with Crippen molar-refractivity contribution in [2.24, 2.45) is 5.73 Å². The minimum Gasteiger partial charge on any atom is -0.445 e. The number of likely N-dealkylation sites (tertiary alicyclic amines) is 1. The standard InChI is InChI=1S/C14H20N2O2/c1-14(2,15)12-8-9-16(12)13(17)18-10-11-6-4-3-5-7-11/h3-7,12H,8-10,15H2,1-2H3. The fourth-order valence-corrected chi connectivity index (χ4v) is 2.18. The van der Waals surface area contributed by atoms with Gasteiger partial charge in [0.2, 0.25) is 0 Å². The highest BCUT2D eigenvalue weighted by atomic mass is 16.6. The molecule has 1 aliphatic rings. The molecule has 4 nitrogen and oxygen atoms in total. The molecule has 98 valence electrons. The second-order valence-corrected chi connectivity index (χ2v) is 5.36. The Kier molecular flexibility index (Phi) is 3.57. The van der Waals surface area contributed by atoms with E-state index in [1.807, 2.05) is 44.2 Å². The van der Waals surface area contributed by atoms with Gasteiger partial charge in [0.25, 0.3) is 0 Å². The highest BCUT2D eigenvalue weighted by Gasteiger charge is 2.41. The third-order valence-corrected chi connectivity index (χ3v) is 3.32. The van der Waals surface area contributed by atoms with Gasteiger partial charge in [-0.15, -0.1) is 0 Å². The van der Waals surface area contributed by atoms with Gasteiger partial charge in [-0.2, -0.15) is 0 Å². The molecule has 1 aliphatic heterocycles. The van der Waals surface area contributed by atoms with Crippen LogP contribution in [0.25, 0.3) is 0 Å². The zero-order valence-electron chi connectivity index (χ0n) is 10.9. The van der Waals surface area contributed by atoms with Crippen LogP contribution in [0, 0.1) is 0 Å². The minimum atomic E-state index is -0.371. The third-order valence-electron chi connectivity index (χ3n) is 3.32. The smallest absolute Gasteiger partial charge is 0.410 e. The zero-order valence-corrected chi connectivity index (χ0v) is 10.9. The Hall–Kier alpha value is -1.55. The first-order chi connectivity index (χ1) is 8.48. The van der Waals surface area contributed by atoms with Gasteiger partial charge in [0.15, 0.2) is 0 Å². The molecule has 1 atom stereocenters. The van der Waals surface area contributed by atoms with Crippen LogP contribution in [-0.4, -0.2) is 29.1 Å². The summed E-state index contributed by atoms with van der Waals surface area (Å²) < 4.78 is 5.29. The number of ether oxygens (including phenoxy) is 1. The van der Waals surface area contributed by atoms with Crippen LogP contribution in [0.5, 0.6) is 0 Å². The summed E-state index contributed by atoms with van der Waals surface area (Å²) in [6.45, 7) is 4.93. The third kappa shape index (κ3) is 2.82. The number of nitrogens with zero attached hydrogens (tertiary/aromatic N) is 1. The van der Waals surface area contributed by atoms with Gasteiger partial charge in [0.1, 0.15) is 6.61 Å². The second kappa shape index (κ2) is 4.98. The Morgan fingerprint density at radius 3 is 2.61 bits per heavy atom. The molecule has 1 amide bonds. The molecule has 0 bridgehead atoms. The maximum absolute atomic E-state index is 11.9. The minimum absolute atomic E-state index is 0.0840. The van der Waals surface area contributed by atoms with E-state index in [1.54, 1.807) is 4.90 Å². The van der Waals surface area contributed by atoms with Crippen LogP contribution in [0.1, 0.15) is 25.8 Å². The van der Waals surface area contributed by atoms with Crippen LogP contribution in [0.2, 0.25) is 0 Å². The Bertz CT molecular complexity index is 412. The predicted octanol–water partition coefficient (Wildman–Crippen LogP) is 2.13. The van der Waals surface area contributed by atoms with Gasteiger partial charge >= 0.3 is 6.09 Å². The lowest BCUT2D eigenvalue weighted by molar-refractivity contribution is 0.0199. The molecule has 18 heavy (non-hydrogen) atoms. The van der Waals surface area contributed by atoms with Crippen LogP contribution in [-0.2, 0) is 11.3 Å². The Morgan fingerprint density at radius 2 is 2.11 bits per heavy atom. The topological polar surface area (TPSA) is 55.6 Å². The fraction of sp³-hybridized carbons (Fsp3) is 0.500. The zero-order chi connectivity index (χ0) is 13.2. The Balaban J connectivity index is 1.86. The molecular formula is C14H20N2O2. The normalized spacial score (nSPS) is 19.3. The quantitative estimate of drug-likeness (QED) is 0.891. The summed E-state index contributed by atoms with van der Waals surface area (Å²) >= 11 is 0. The van der Waals surface area contributed by atoms with Crippen LogP contribution < -0.4 is 5.73 Å². The number of rotatable bonds is 3. The van der Waals surface area contributed by atoms with E-state index in [4.69, 9.17) is 10.5 Å². The van der Waals surface area contributed by atoms with Crippen molar-refractivity contribution in [3.8, 4) is 0 Å². The predicted molar refractivity (Wildman–Crippen MR) is 70.0 cm³/mol. The number of hydrogen-bond acceptors (Lipinski definition) is 3. The molecular weight excluding hydrogens is 228 g/mol. The van der Waals surface area contributed by atoms with Gasteiger partial charge in [0.05, 0.1) is 6.04 Å². The van der Waals surface area contributed by atoms with E-state index in [9.17, 15) is 4.79 Å². The van der Waals surface area contributed by atoms with E-state index in [2.05, 4.69) is 0 Å². The number of carbonyl (C=O) groups excluding carboxylic acids is 1. The molecule has 2 N–H and O–H groups in total. The van der Waals surface area contributed by atoms with Crippen molar-refractivity contribution in [3.63, 3.8) is 0 Å². The molecule has 0 aliphatic carbocycles. The lowest BCUT2D eigenvalue weighted by Gasteiger charge is -2.47. The van der Waals surface area contributed by atoms with E-state index in [-0.39, 0.29) is 17.7 Å². The summed E-state index contributed by atoms with van der Waals surface area (Å²) in [7, 11) is 0. The van der Waals surface area contributed by atoms with E-state index >= 15 is 0 Å². The molecule has 2 rings (SSSR count). The van der Waals surface area contributed by atoms with Gasteiger partial charge in [0, 0.05) is 12.1 Å². The summed E-state index contributed by atoms with van der Waals surface area (Å²) in [6.07, 6.45) is 0.679. The first kappa shape index (κ1) is 12.9. The first-order valence-electron chi connectivity index (χ1n) is 6.24. The van der Waals surface area contributed by atoms with Crippen LogP contribution in [0.15, 0.2) is 30.3 Å². The molecule has 1 heterocycles. The number of nitrogens with two attached hydrogens (primary N) is 1. The molecule has 1 unspecified atom stereocenters. The molecule has 0 spiro atoms. The number of benzene rings is 1. The maximum atomic E-state index is 11.9. The molecule has 1 aromatic rings. The van der Waals surface area contributed by atoms with Gasteiger partial charge in [-0.1, -0.05) is 30.3 Å². The summed E-state index contributed by atoms with van der Waals surface area (Å²) in [6, 6.07) is 9.76. The lowest BCUT2D eigenvalue weighted by atomic mass is 9.86. The van der Waals surface area contributed by atoms with Crippen LogP contribution in [0.4, 0.5) is 4.79 Å². The number of carbonyl (C=O) groups is 1. The average Bonchev–Trinajstić information content (AvgIpc) is 2.24. The van der Waals surface area contributed by atoms with Gasteiger partial charge < -0.3 is 15.4 Å². The van der Waals surface area contributed by atoms with Crippen molar-refractivity contribution in [2.75, 3.05) is 6.54 Å². The number of amides is 1. The molecule has 1 aromatic carbocycles. The summed E-state index contributed by atoms with van der Waals surface area (Å²) in [5.41, 5.74) is 6.65. The largest absolute Gasteiger partial charge is 0.445 e. The molecule has 1 saturated heterocycles. The lowest BCUT2D eigenvalue weighted by Crippen LogP contribution is -2.64. The number of hydrogen-bond donors (Lipinski definition) is 1. The van der Waals surface area contributed by atoms with Crippen molar-refractivity contribution < 1.29 is 9.53 Å². The second-order valence-electron chi connectivity index (χ2n) is 5.36. The summed E-state index contributed by atoms with van der Waals surface area (Å²) in [4.78, 5) is 13.6. The van der Waals surface area contributed by atoms with Gasteiger partial charge in [-0.3, -0.25) is 0 Å². The Morgan fingerprint density at radius 1 is 1.44 bits per heavy atom. The molecule has 0 saturated carbocycles. The highest BCUT2D eigenvalue weighted by molar-refractivity contribution is 5.69. The Labute approximate surface area is 108 Å². The molecule has 4 heteroatoms. The molecule has 1 fully saturated rings. The van der Waals surface area contributed by atoms with Crippen molar-refractivity contribution in [1.82, 2.24) is 4.90 Å². The molecule has 0 radical (unpaired) electrons.